The molecule has 2 aromatic heterocycles. The van der Waals surface area contributed by atoms with E-state index >= 15 is 0 Å². The number of aromatic amines is 1. The highest BCUT2D eigenvalue weighted by atomic mass is 35.5. The Morgan fingerprint density at radius 2 is 2.12 bits per heavy atom. The molecule has 1 atom stereocenters. The van der Waals surface area contributed by atoms with E-state index in [-0.39, 0.29) is 5.38 Å². The summed E-state index contributed by atoms with van der Waals surface area (Å²) in [5, 5.41) is 14.8. The molecule has 0 saturated carbocycles. The van der Waals surface area contributed by atoms with Crippen LogP contribution in [0.4, 0.5) is 0 Å². The molecule has 0 spiro atoms. The van der Waals surface area contributed by atoms with Crippen LogP contribution in [0.3, 0.4) is 0 Å². The lowest BCUT2D eigenvalue weighted by atomic mass is 10.1. The molecule has 0 aliphatic heterocycles. The van der Waals surface area contributed by atoms with Crippen LogP contribution in [0.2, 0.25) is 0 Å². The second kappa shape index (κ2) is 8.94. The zero-order chi connectivity index (χ0) is 18.2. The van der Waals surface area contributed by atoms with Crippen LogP contribution in [-0.4, -0.2) is 37.0 Å². The third-order valence-electron chi connectivity index (χ3n) is 3.24. The lowest BCUT2D eigenvalue weighted by Crippen LogP contribution is -1.90. The second-order valence-electron chi connectivity index (χ2n) is 5.64. The fourth-order valence-corrected chi connectivity index (χ4v) is 2.16. The number of aromatic nitrogens is 5. The van der Waals surface area contributed by atoms with Gasteiger partial charge in [0, 0.05) is 22.5 Å². The van der Waals surface area contributed by atoms with Crippen LogP contribution in [0.25, 0.3) is 22.3 Å². The summed E-state index contributed by atoms with van der Waals surface area (Å²) < 4.78 is 1.52. The summed E-state index contributed by atoms with van der Waals surface area (Å²) in [6.07, 6.45) is 8.47. The Bertz CT molecular complexity index is 874. The van der Waals surface area contributed by atoms with Crippen molar-refractivity contribution in [2.24, 2.45) is 0 Å². The molecule has 0 radical (unpaired) electrons. The molecule has 0 aliphatic carbocycles. The molecule has 130 valence electrons. The molecule has 0 fully saturated rings. The van der Waals surface area contributed by atoms with E-state index in [0.717, 1.165) is 22.9 Å². The Hall–Kier alpha value is -2.73. The molecule has 3 rings (SSSR count). The molecule has 25 heavy (non-hydrogen) atoms. The molecule has 1 N–H and O–H groups in total. The van der Waals surface area contributed by atoms with Crippen molar-refractivity contribution in [3.8, 4) is 11.4 Å². The van der Waals surface area contributed by atoms with E-state index in [4.69, 9.17) is 11.6 Å². The number of nitrogens with zero attached hydrogens (tertiary/aromatic N) is 4. The maximum absolute atomic E-state index is 10.7. The zero-order valence-corrected chi connectivity index (χ0v) is 15.1. The van der Waals surface area contributed by atoms with Gasteiger partial charge in [0.15, 0.2) is 0 Å². The average Bonchev–Trinajstić information content (AvgIpc) is 3.23. The molecule has 3 aromatic rings. The van der Waals surface area contributed by atoms with E-state index in [0.29, 0.717) is 5.82 Å². The molecule has 0 amide bonds. The standard InChI is InChI=1S/C10H7N5O.C8H13Cl/c16-6-15-4-3-7-5-8(1-2-9(7)15)10-11-13-14-12-10;1-7(2)5-4-6-8(3)9/h1-6H,(H,11,12,13,14);4-6,8H,1-3H3/b;6-4-. The summed E-state index contributed by atoms with van der Waals surface area (Å²) in [4.78, 5) is 10.7. The maximum Gasteiger partial charge on any atom is 0.218 e. The molecule has 0 bridgehead atoms. The van der Waals surface area contributed by atoms with Crippen LogP contribution in [-0.2, 0) is 4.79 Å². The van der Waals surface area contributed by atoms with Gasteiger partial charge in [0.1, 0.15) is 0 Å². The van der Waals surface area contributed by atoms with Crippen LogP contribution >= 0.6 is 11.6 Å². The number of rotatable bonds is 4. The average molecular weight is 358 g/mol. The summed E-state index contributed by atoms with van der Waals surface area (Å²) in [5.74, 6) is 0.542. The van der Waals surface area contributed by atoms with Gasteiger partial charge in [-0.1, -0.05) is 23.8 Å². The molecule has 0 aliphatic rings. The van der Waals surface area contributed by atoms with Crippen molar-refractivity contribution >= 4 is 28.9 Å². The van der Waals surface area contributed by atoms with Gasteiger partial charge in [0.2, 0.25) is 12.2 Å². The highest BCUT2D eigenvalue weighted by Gasteiger charge is 2.05. The Morgan fingerprint density at radius 3 is 2.72 bits per heavy atom. The monoisotopic (exact) mass is 357 g/mol. The van der Waals surface area contributed by atoms with Gasteiger partial charge in [-0.05, 0) is 50.3 Å². The number of allylic oxidation sites excluding steroid dienone is 4. The fourth-order valence-electron chi connectivity index (χ4n) is 2.08. The van der Waals surface area contributed by atoms with Gasteiger partial charge in [-0.25, -0.2) is 0 Å². The number of halogens is 1. The summed E-state index contributed by atoms with van der Waals surface area (Å²) in [6.45, 7) is 6.06. The first-order valence-corrected chi connectivity index (χ1v) is 8.20. The normalized spacial score (nSPS) is 11.8. The number of hydrogen-bond donors (Lipinski definition) is 1. The van der Waals surface area contributed by atoms with Crippen LogP contribution in [0.15, 0.2) is 54.3 Å². The Morgan fingerprint density at radius 1 is 1.32 bits per heavy atom. The number of nitrogens with one attached hydrogen (secondary N) is 1. The first kappa shape index (κ1) is 18.6. The van der Waals surface area contributed by atoms with E-state index in [2.05, 4.69) is 34.5 Å². The Labute approximate surface area is 151 Å². The van der Waals surface area contributed by atoms with Gasteiger partial charge in [-0.15, -0.1) is 21.8 Å². The molecule has 6 nitrogen and oxygen atoms in total. The van der Waals surface area contributed by atoms with Gasteiger partial charge in [0.25, 0.3) is 0 Å². The number of alkyl halides is 1. The highest BCUT2D eigenvalue weighted by molar-refractivity contribution is 6.21. The van der Waals surface area contributed by atoms with Crippen LogP contribution in [0.5, 0.6) is 0 Å². The zero-order valence-electron chi connectivity index (χ0n) is 14.3. The third-order valence-corrected chi connectivity index (χ3v) is 3.39. The number of carbonyl (C=O) groups excluding carboxylic acids is 1. The number of benzene rings is 1. The van der Waals surface area contributed by atoms with E-state index in [9.17, 15) is 4.79 Å². The lowest BCUT2D eigenvalue weighted by Gasteiger charge is -1.97. The van der Waals surface area contributed by atoms with E-state index in [1.165, 1.54) is 10.1 Å². The van der Waals surface area contributed by atoms with Crippen LogP contribution in [0, 0.1) is 0 Å². The second-order valence-corrected chi connectivity index (χ2v) is 6.33. The number of fused-ring (bicyclic) bond motifs is 1. The minimum absolute atomic E-state index is 0.139. The quantitative estimate of drug-likeness (QED) is 0.435. The topological polar surface area (TPSA) is 76.5 Å². The minimum atomic E-state index is 0.139. The molecule has 2 heterocycles. The van der Waals surface area contributed by atoms with Gasteiger partial charge in [-0.2, -0.15) is 5.21 Å². The molecular formula is C18H20ClN5O. The summed E-state index contributed by atoms with van der Waals surface area (Å²) >= 11 is 5.65. The molecule has 1 unspecified atom stereocenters. The highest BCUT2D eigenvalue weighted by Crippen LogP contribution is 2.21. The van der Waals surface area contributed by atoms with Crippen molar-refractivity contribution in [3.63, 3.8) is 0 Å². The predicted molar refractivity (Wildman–Crippen MR) is 101 cm³/mol. The van der Waals surface area contributed by atoms with Crippen molar-refractivity contribution in [2.45, 2.75) is 26.1 Å². The summed E-state index contributed by atoms with van der Waals surface area (Å²) in [6, 6.07) is 7.50. The van der Waals surface area contributed by atoms with Crippen molar-refractivity contribution in [2.75, 3.05) is 0 Å². The van der Waals surface area contributed by atoms with Crippen molar-refractivity contribution in [1.29, 1.82) is 0 Å². The van der Waals surface area contributed by atoms with Gasteiger partial charge in [-0.3, -0.25) is 9.36 Å². The Balaban J connectivity index is 0.000000217. The first-order valence-electron chi connectivity index (χ1n) is 7.76. The summed E-state index contributed by atoms with van der Waals surface area (Å²) in [5.41, 5.74) is 3.02. The summed E-state index contributed by atoms with van der Waals surface area (Å²) in [7, 11) is 0. The molecule has 7 heteroatoms. The first-order chi connectivity index (χ1) is 12.0. The number of carbonyl (C=O) groups is 1. The molecular weight excluding hydrogens is 338 g/mol. The van der Waals surface area contributed by atoms with Crippen molar-refractivity contribution in [3.05, 3.63) is 54.3 Å². The maximum atomic E-state index is 10.7. The fraction of sp³-hybridized carbons (Fsp3) is 0.222. The van der Waals surface area contributed by atoms with Gasteiger partial charge in [0.05, 0.1) is 5.52 Å². The SMILES string of the molecule is CC(C)=C/C=C\C(C)Cl.O=Cn1ccc2cc(-c3nn[nH]n3)ccc21. The van der Waals surface area contributed by atoms with Crippen LogP contribution < -0.4 is 0 Å². The number of hydrogen-bond acceptors (Lipinski definition) is 4. The van der Waals surface area contributed by atoms with Crippen LogP contribution in [0.1, 0.15) is 20.8 Å². The largest absolute Gasteiger partial charge is 0.290 e. The minimum Gasteiger partial charge on any atom is -0.290 e. The predicted octanol–water partition coefficient (Wildman–Crippen LogP) is 4.00. The van der Waals surface area contributed by atoms with E-state index in [1.807, 2.05) is 49.4 Å². The van der Waals surface area contributed by atoms with Gasteiger partial charge < -0.3 is 0 Å². The lowest BCUT2D eigenvalue weighted by molar-refractivity contribution is 0.549. The number of H-pyrrole nitrogens is 1. The smallest absolute Gasteiger partial charge is 0.218 e. The van der Waals surface area contributed by atoms with Crippen molar-refractivity contribution < 1.29 is 4.79 Å². The number of tetrazole rings is 1. The third kappa shape index (κ3) is 5.39. The van der Waals surface area contributed by atoms with Gasteiger partial charge >= 0.3 is 0 Å². The van der Waals surface area contributed by atoms with E-state index in [1.54, 1.807) is 6.20 Å². The molecule has 0 saturated heterocycles. The van der Waals surface area contributed by atoms with Crippen molar-refractivity contribution in [1.82, 2.24) is 25.2 Å². The molecule has 1 aromatic carbocycles. The van der Waals surface area contributed by atoms with E-state index < -0.39 is 0 Å². The Kier molecular flexibility index (Phi) is 6.65.